The minimum atomic E-state index is -0.497. The van der Waals surface area contributed by atoms with E-state index in [1.54, 1.807) is 42.5 Å². The Labute approximate surface area is 158 Å². The number of thioether (sulfide) groups is 1. The quantitative estimate of drug-likeness (QED) is 0.258. The van der Waals surface area contributed by atoms with Crippen LogP contribution in [0.25, 0.3) is 6.08 Å². The Balaban J connectivity index is 1.99. The highest BCUT2D eigenvalue weighted by atomic mass is 32.2. The summed E-state index contributed by atoms with van der Waals surface area (Å²) in [5.41, 5.74) is 1.21. The molecule has 0 saturated carbocycles. The highest BCUT2D eigenvalue weighted by molar-refractivity contribution is 8.27. The number of benzene rings is 2. The molecule has 130 valence electrons. The van der Waals surface area contributed by atoms with Crippen molar-refractivity contribution in [1.82, 2.24) is 0 Å². The van der Waals surface area contributed by atoms with E-state index in [9.17, 15) is 19.7 Å². The van der Waals surface area contributed by atoms with Crippen LogP contribution < -0.4 is 4.90 Å². The molecule has 3 rings (SSSR count). The average molecular weight is 384 g/mol. The maximum atomic E-state index is 12.8. The standard InChI is InChI=1S/C18H12N2O4S2/c1-11(21)12-6-4-7-14(9-12)19-17(22)16(26-18(19)25)10-13-5-2-3-8-15(13)20(23)24/h2-10H,1H3. The molecule has 1 saturated heterocycles. The number of hydrogen-bond acceptors (Lipinski definition) is 6. The van der Waals surface area contributed by atoms with Crippen molar-refractivity contribution in [2.75, 3.05) is 4.90 Å². The summed E-state index contributed by atoms with van der Waals surface area (Å²) >= 11 is 6.36. The van der Waals surface area contributed by atoms with Gasteiger partial charge in [0, 0.05) is 11.6 Å². The van der Waals surface area contributed by atoms with E-state index in [1.165, 1.54) is 24.0 Å². The highest BCUT2D eigenvalue weighted by Crippen LogP contribution is 2.37. The molecule has 0 unspecified atom stereocenters. The summed E-state index contributed by atoms with van der Waals surface area (Å²) in [6.45, 7) is 1.44. The van der Waals surface area contributed by atoms with Gasteiger partial charge in [-0.1, -0.05) is 48.2 Å². The molecule has 0 spiro atoms. The van der Waals surface area contributed by atoms with Gasteiger partial charge in [-0.15, -0.1) is 0 Å². The number of ketones is 1. The Morgan fingerprint density at radius 1 is 1.23 bits per heavy atom. The fourth-order valence-electron chi connectivity index (χ4n) is 2.47. The fraction of sp³-hybridized carbons (Fsp3) is 0.0556. The number of nitro benzene ring substituents is 1. The second-order valence-electron chi connectivity index (χ2n) is 5.44. The number of carbonyl (C=O) groups is 2. The van der Waals surface area contributed by atoms with Crippen molar-refractivity contribution >= 4 is 57.4 Å². The van der Waals surface area contributed by atoms with Crippen LogP contribution in [0.1, 0.15) is 22.8 Å². The van der Waals surface area contributed by atoms with Crippen molar-refractivity contribution in [2.24, 2.45) is 0 Å². The third-order valence-electron chi connectivity index (χ3n) is 3.72. The molecule has 1 heterocycles. The maximum absolute atomic E-state index is 12.8. The number of rotatable bonds is 4. The molecule has 0 bridgehead atoms. The number of thiocarbonyl (C=S) groups is 1. The Morgan fingerprint density at radius 2 is 1.96 bits per heavy atom. The van der Waals surface area contributed by atoms with Crippen LogP contribution in [-0.4, -0.2) is 20.9 Å². The van der Waals surface area contributed by atoms with E-state index in [2.05, 4.69) is 0 Å². The number of amides is 1. The van der Waals surface area contributed by atoms with Gasteiger partial charge in [-0.2, -0.15) is 0 Å². The number of nitrogens with zero attached hydrogens (tertiary/aromatic N) is 2. The zero-order valence-electron chi connectivity index (χ0n) is 13.5. The van der Waals surface area contributed by atoms with Crippen LogP contribution in [0.5, 0.6) is 0 Å². The van der Waals surface area contributed by atoms with Gasteiger partial charge < -0.3 is 0 Å². The van der Waals surface area contributed by atoms with Crippen LogP contribution in [0.15, 0.2) is 53.4 Å². The van der Waals surface area contributed by atoms with E-state index in [1.807, 2.05) is 0 Å². The predicted octanol–water partition coefficient (Wildman–Crippen LogP) is 4.20. The molecule has 0 aromatic heterocycles. The molecule has 0 N–H and O–H groups in total. The molecule has 6 nitrogen and oxygen atoms in total. The highest BCUT2D eigenvalue weighted by Gasteiger charge is 2.34. The summed E-state index contributed by atoms with van der Waals surface area (Å²) in [5, 5.41) is 11.1. The second-order valence-corrected chi connectivity index (χ2v) is 7.12. The van der Waals surface area contributed by atoms with Crippen LogP contribution in [-0.2, 0) is 4.79 Å². The van der Waals surface area contributed by atoms with Gasteiger partial charge >= 0.3 is 0 Å². The Bertz CT molecular complexity index is 985. The number of nitro groups is 1. The molecule has 1 amide bonds. The summed E-state index contributed by atoms with van der Waals surface area (Å²) in [4.78, 5) is 36.6. The average Bonchev–Trinajstić information content (AvgIpc) is 2.89. The third-order valence-corrected chi connectivity index (χ3v) is 5.03. The van der Waals surface area contributed by atoms with Gasteiger partial charge in [-0.25, -0.2) is 0 Å². The molecule has 2 aromatic carbocycles. The normalized spacial score (nSPS) is 15.6. The van der Waals surface area contributed by atoms with Crippen LogP contribution in [0.4, 0.5) is 11.4 Å². The maximum Gasteiger partial charge on any atom is 0.276 e. The molecule has 8 heteroatoms. The summed E-state index contributed by atoms with van der Waals surface area (Å²) in [7, 11) is 0. The third kappa shape index (κ3) is 3.42. The second kappa shape index (κ2) is 7.19. The first-order valence-corrected chi connectivity index (χ1v) is 8.73. The van der Waals surface area contributed by atoms with Crippen LogP contribution in [0, 0.1) is 10.1 Å². The summed E-state index contributed by atoms with van der Waals surface area (Å²) in [6.07, 6.45) is 1.46. The minimum Gasteiger partial charge on any atom is -0.295 e. The molecule has 1 aliphatic rings. The monoisotopic (exact) mass is 384 g/mol. The van der Waals surface area contributed by atoms with E-state index in [0.29, 0.717) is 21.1 Å². The molecular formula is C18H12N2O4S2. The van der Waals surface area contributed by atoms with Crippen molar-refractivity contribution in [3.63, 3.8) is 0 Å². The topological polar surface area (TPSA) is 80.5 Å². The van der Waals surface area contributed by atoms with Crippen LogP contribution in [0.2, 0.25) is 0 Å². The van der Waals surface area contributed by atoms with E-state index in [0.717, 1.165) is 11.8 Å². The van der Waals surface area contributed by atoms with E-state index in [-0.39, 0.29) is 22.3 Å². The van der Waals surface area contributed by atoms with Crippen molar-refractivity contribution in [3.05, 3.63) is 74.7 Å². The zero-order valence-corrected chi connectivity index (χ0v) is 15.2. The first-order valence-electron chi connectivity index (χ1n) is 7.51. The van der Waals surface area contributed by atoms with E-state index in [4.69, 9.17) is 12.2 Å². The van der Waals surface area contributed by atoms with Gasteiger partial charge in [0.25, 0.3) is 11.6 Å². The molecule has 1 fully saturated rings. The number of hydrogen-bond donors (Lipinski definition) is 0. The Hall–Kier alpha value is -2.84. The van der Waals surface area contributed by atoms with E-state index >= 15 is 0 Å². The SMILES string of the molecule is CC(=O)c1cccc(N2C(=O)C(=Cc3ccccc3[N+](=O)[O-])SC2=S)c1. The molecule has 0 radical (unpaired) electrons. The van der Waals surface area contributed by atoms with Crippen molar-refractivity contribution in [2.45, 2.75) is 6.92 Å². The number of para-hydroxylation sites is 1. The lowest BCUT2D eigenvalue weighted by Crippen LogP contribution is -2.27. The number of Topliss-reactive ketones (excluding diaryl/α,β-unsaturated/α-hetero) is 1. The molecular weight excluding hydrogens is 372 g/mol. The first kappa shape index (κ1) is 18.0. The van der Waals surface area contributed by atoms with Crippen LogP contribution >= 0.6 is 24.0 Å². The van der Waals surface area contributed by atoms with E-state index < -0.39 is 4.92 Å². The van der Waals surface area contributed by atoms with Gasteiger partial charge in [-0.05, 0) is 31.2 Å². The lowest BCUT2D eigenvalue weighted by molar-refractivity contribution is -0.385. The van der Waals surface area contributed by atoms with Crippen molar-refractivity contribution < 1.29 is 14.5 Å². The molecule has 0 atom stereocenters. The van der Waals surface area contributed by atoms with Crippen molar-refractivity contribution in [1.29, 1.82) is 0 Å². The van der Waals surface area contributed by atoms with Gasteiger partial charge in [0.2, 0.25) is 0 Å². The number of carbonyl (C=O) groups excluding carboxylic acids is 2. The predicted molar refractivity (Wildman–Crippen MR) is 105 cm³/mol. The van der Waals surface area contributed by atoms with Gasteiger partial charge in [0.05, 0.1) is 21.1 Å². The molecule has 0 aliphatic carbocycles. The number of anilines is 1. The molecule has 2 aromatic rings. The molecule has 1 aliphatic heterocycles. The largest absolute Gasteiger partial charge is 0.295 e. The van der Waals surface area contributed by atoms with Crippen LogP contribution in [0.3, 0.4) is 0 Å². The molecule has 26 heavy (non-hydrogen) atoms. The first-order chi connectivity index (χ1) is 12.4. The minimum absolute atomic E-state index is 0.0867. The van der Waals surface area contributed by atoms with Gasteiger partial charge in [-0.3, -0.25) is 24.6 Å². The van der Waals surface area contributed by atoms with Crippen molar-refractivity contribution in [3.8, 4) is 0 Å². The zero-order chi connectivity index (χ0) is 18.8. The lowest BCUT2D eigenvalue weighted by Gasteiger charge is -2.15. The van der Waals surface area contributed by atoms with Gasteiger partial charge in [0.1, 0.15) is 0 Å². The Morgan fingerprint density at radius 3 is 2.65 bits per heavy atom. The summed E-state index contributed by atoms with van der Waals surface area (Å²) in [6, 6.07) is 12.8. The van der Waals surface area contributed by atoms with Gasteiger partial charge in [0.15, 0.2) is 10.1 Å². The smallest absolute Gasteiger partial charge is 0.276 e. The fourth-order valence-corrected chi connectivity index (χ4v) is 3.76. The summed E-state index contributed by atoms with van der Waals surface area (Å²) in [5.74, 6) is -0.494. The lowest BCUT2D eigenvalue weighted by atomic mass is 10.1. The summed E-state index contributed by atoms with van der Waals surface area (Å²) < 4.78 is 0.306. The Kier molecular flexibility index (Phi) is 4.97.